The van der Waals surface area contributed by atoms with E-state index in [4.69, 9.17) is 4.74 Å². The van der Waals surface area contributed by atoms with Crippen LogP contribution < -0.4 is 5.32 Å². The van der Waals surface area contributed by atoms with E-state index in [1.807, 2.05) is 0 Å². The minimum Gasteiger partial charge on any atom is -0.390 e. The molecule has 2 heterocycles. The first-order valence-corrected chi connectivity index (χ1v) is 7.92. The number of piperidine rings is 1. The molecule has 0 radical (unpaired) electrons. The van der Waals surface area contributed by atoms with E-state index in [-0.39, 0.29) is 12.0 Å². The van der Waals surface area contributed by atoms with Crippen molar-refractivity contribution < 1.29 is 14.6 Å². The molecule has 2 aliphatic rings. The van der Waals surface area contributed by atoms with E-state index in [0.717, 1.165) is 38.5 Å². The molecule has 0 aromatic heterocycles. The third-order valence-electron chi connectivity index (χ3n) is 4.32. The molecule has 0 spiro atoms. The van der Waals surface area contributed by atoms with Gasteiger partial charge in [0.1, 0.15) is 0 Å². The van der Waals surface area contributed by atoms with Crippen LogP contribution >= 0.6 is 0 Å². The number of hydrogen-bond acceptors (Lipinski definition) is 4. The summed E-state index contributed by atoms with van der Waals surface area (Å²) in [4.78, 5) is 14.0. The maximum absolute atomic E-state index is 11.7. The van der Waals surface area contributed by atoms with Crippen LogP contribution in [0.5, 0.6) is 0 Å². The van der Waals surface area contributed by atoms with Crippen LogP contribution in [0.3, 0.4) is 0 Å². The van der Waals surface area contributed by atoms with Gasteiger partial charge in [-0.05, 0) is 44.7 Å². The van der Waals surface area contributed by atoms with Crippen LogP contribution in [0.15, 0.2) is 0 Å². The number of rotatable bonds is 6. The van der Waals surface area contributed by atoms with E-state index >= 15 is 0 Å². The van der Waals surface area contributed by atoms with Crippen LogP contribution in [0.25, 0.3) is 0 Å². The molecule has 2 rings (SSSR count). The maximum Gasteiger partial charge on any atom is 0.222 e. The second-order valence-corrected chi connectivity index (χ2v) is 6.28. The summed E-state index contributed by atoms with van der Waals surface area (Å²) in [6.07, 6.45) is 4.47. The molecule has 2 atom stereocenters. The highest BCUT2D eigenvalue weighted by molar-refractivity contribution is 5.76. The van der Waals surface area contributed by atoms with E-state index in [2.05, 4.69) is 17.1 Å². The lowest BCUT2D eigenvalue weighted by Gasteiger charge is -2.31. The first kappa shape index (κ1) is 15.7. The van der Waals surface area contributed by atoms with Gasteiger partial charge < -0.3 is 20.1 Å². The van der Waals surface area contributed by atoms with Gasteiger partial charge in [-0.1, -0.05) is 6.92 Å². The summed E-state index contributed by atoms with van der Waals surface area (Å²) in [5, 5.41) is 12.8. The molecule has 2 unspecified atom stereocenters. The predicted octanol–water partition coefficient (Wildman–Crippen LogP) is 0.764. The lowest BCUT2D eigenvalue weighted by molar-refractivity contribution is -0.123. The Morgan fingerprint density at radius 2 is 2.15 bits per heavy atom. The number of hydrogen-bond donors (Lipinski definition) is 2. The van der Waals surface area contributed by atoms with Gasteiger partial charge >= 0.3 is 0 Å². The van der Waals surface area contributed by atoms with Crippen molar-refractivity contribution in [2.75, 3.05) is 32.8 Å². The number of aliphatic hydroxyl groups excluding tert-OH is 1. The number of amides is 1. The molecule has 2 fully saturated rings. The van der Waals surface area contributed by atoms with Gasteiger partial charge in [0.15, 0.2) is 0 Å². The fourth-order valence-electron chi connectivity index (χ4n) is 2.92. The zero-order valence-corrected chi connectivity index (χ0v) is 12.5. The smallest absolute Gasteiger partial charge is 0.222 e. The largest absolute Gasteiger partial charge is 0.390 e. The fraction of sp³-hybridized carbons (Fsp3) is 0.933. The molecule has 0 saturated carbocycles. The zero-order valence-electron chi connectivity index (χ0n) is 12.5. The van der Waals surface area contributed by atoms with Crippen LogP contribution in [0, 0.1) is 5.92 Å². The third kappa shape index (κ3) is 5.38. The van der Waals surface area contributed by atoms with E-state index < -0.39 is 6.10 Å². The molecule has 5 heteroatoms. The van der Waals surface area contributed by atoms with Crippen LogP contribution in [0.2, 0.25) is 0 Å². The summed E-state index contributed by atoms with van der Waals surface area (Å²) in [5.74, 6) is 0.790. The van der Waals surface area contributed by atoms with Gasteiger partial charge in [0.25, 0.3) is 0 Å². The van der Waals surface area contributed by atoms with E-state index in [0.29, 0.717) is 19.5 Å². The Bertz CT molecular complexity index is 297. The molecule has 1 amide bonds. The average Bonchev–Trinajstić information content (AvgIpc) is 2.92. The highest BCUT2D eigenvalue weighted by atomic mass is 16.5. The molecular formula is C15H28N2O3. The molecule has 116 valence electrons. The summed E-state index contributed by atoms with van der Waals surface area (Å²) in [6.45, 7) is 6.17. The molecule has 2 aliphatic heterocycles. The highest BCUT2D eigenvalue weighted by Gasteiger charge is 2.21. The molecular weight excluding hydrogens is 256 g/mol. The topological polar surface area (TPSA) is 61.8 Å². The Hall–Kier alpha value is -0.650. The minimum atomic E-state index is -0.475. The van der Waals surface area contributed by atoms with Crippen molar-refractivity contribution >= 4 is 5.91 Å². The van der Waals surface area contributed by atoms with Crippen LogP contribution in [0.1, 0.15) is 39.0 Å². The summed E-state index contributed by atoms with van der Waals surface area (Å²) in [7, 11) is 0. The lowest BCUT2D eigenvalue weighted by Crippen LogP contribution is -2.43. The number of carbonyl (C=O) groups excluding carboxylic acids is 1. The first-order valence-electron chi connectivity index (χ1n) is 7.92. The molecule has 0 aromatic carbocycles. The van der Waals surface area contributed by atoms with Crippen molar-refractivity contribution in [2.45, 2.75) is 51.2 Å². The van der Waals surface area contributed by atoms with Crippen LogP contribution in [-0.2, 0) is 9.53 Å². The summed E-state index contributed by atoms with van der Waals surface area (Å²) in [6, 6.07) is 0. The van der Waals surface area contributed by atoms with Gasteiger partial charge in [-0.2, -0.15) is 0 Å². The number of ether oxygens (including phenoxy) is 1. The zero-order chi connectivity index (χ0) is 14.4. The van der Waals surface area contributed by atoms with Gasteiger partial charge in [0.05, 0.1) is 18.6 Å². The number of β-amino-alcohol motifs (C(OH)–C–C–N with tert-alkyl or cyclic N) is 1. The molecule has 0 aromatic rings. The van der Waals surface area contributed by atoms with Gasteiger partial charge in [-0.15, -0.1) is 0 Å². The SMILES string of the molecule is CC1CCN(CC(O)CNC(=O)CC2CCCO2)CC1. The number of likely N-dealkylation sites (tertiary alicyclic amines) is 1. The second-order valence-electron chi connectivity index (χ2n) is 6.28. The summed E-state index contributed by atoms with van der Waals surface area (Å²) >= 11 is 0. The number of nitrogens with one attached hydrogen (secondary N) is 1. The van der Waals surface area contributed by atoms with Crippen LogP contribution in [0.4, 0.5) is 0 Å². The molecule has 2 N–H and O–H groups in total. The minimum absolute atomic E-state index is 0.0109. The second kappa shape index (κ2) is 7.96. The van der Waals surface area contributed by atoms with E-state index in [9.17, 15) is 9.90 Å². The number of carbonyl (C=O) groups is 1. The van der Waals surface area contributed by atoms with E-state index in [1.165, 1.54) is 12.8 Å². The van der Waals surface area contributed by atoms with Crippen LogP contribution in [-0.4, -0.2) is 60.9 Å². The molecule has 0 aliphatic carbocycles. The standard InChI is InChI=1S/C15H28N2O3/c1-12-4-6-17(7-5-12)11-13(18)10-16-15(19)9-14-3-2-8-20-14/h12-14,18H,2-11H2,1H3,(H,16,19). The molecule has 5 nitrogen and oxygen atoms in total. The van der Waals surface area contributed by atoms with Gasteiger partial charge in [0.2, 0.25) is 5.91 Å². The van der Waals surface area contributed by atoms with Crippen molar-refractivity contribution in [1.82, 2.24) is 10.2 Å². The quantitative estimate of drug-likeness (QED) is 0.756. The normalized spacial score (nSPS) is 26.6. The molecule has 0 bridgehead atoms. The Labute approximate surface area is 121 Å². The van der Waals surface area contributed by atoms with Gasteiger partial charge in [0, 0.05) is 19.7 Å². The summed E-state index contributed by atoms with van der Waals surface area (Å²) < 4.78 is 5.43. The van der Waals surface area contributed by atoms with Crippen molar-refractivity contribution in [1.29, 1.82) is 0 Å². The Kier molecular flexibility index (Phi) is 6.26. The van der Waals surface area contributed by atoms with Crippen molar-refractivity contribution in [2.24, 2.45) is 5.92 Å². The van der Waals surface area contributed by atoms with Gasteiger partial charge in [-0.25, -0.2) is 0 Å². The number of nitrogens with zero attached hydrogens (tertiary/aromatic N) is 1. The Balaban J connectivity index is 1.57. The van der Waals surface area contributed by atoms with Crippen molar-refractivity contribution in [3.05, 3.63) is 0 Å². The summed E-state index contributed by atoms with van der Waals surface area (Å²) in [5.41, 5.74) is 0. The van der Waals surface area contributed by atoms with Crippen molar-refractivity contribution in [3.8, 4) is 0 Å². The Morgan fingerprint density at radius 1 is 1.40 bits per heavy atom. The third-order valence-corrected chi connectivity index (χ3v) is 4.32. The number of aliphatic hydroxyl groups is 1. The first-order chi connectivity index (χ1) is 9.63. The fourth-order valence-corrected chi connectivity index (χ4v) is 2.92. The van der Waals surface area contributed by atoms with E-state index in [1.54, 1.807) is 0 Å². The molecule has 2 saturated heterocycles. The lowest BCUT2D eigenvalue weighted by atomic mass is 9.99. The highest BCUT2D eigenvalue weighted by Crippen LogP contribution is 2.16. The maximum atomic E-state index is 11.7. The van der Waals surface area contributed by atoms with Gasteiger partial charge in [-0.3, -0.25) is 4.79 Å². The monoisotopic (exact) mass is 284 g/mol. The predicted molar refractivity (Wildman–Crippen MR) is 77.4 cm³/mol. The Morgan fingerprint density at radius 3 is 2.80 bits per heavy atom. The molecule has 20 heavy (non-hydrogen) atoms. The average molecular weight is 284 g/mol. The van der Waals surface area contributed by atoms with Crippen molar-refractivity contribution in [3.63, 3.8) is 0 Å².